The molecule has 25 heavy (non-hydrogen) atoms. The summed E-state index contributed by atoms with van der Waals surface area (Å²) >= 11 is 6.33. The Morgan fingerprint density at radius 1 is 1.40 bits per heavy atom. The number of carboxylic acids is 1. The summed E-state index contributed by atoms with van der Waals surface area (Å²) in [7, 11) is 3.08. The van der Waals surface area contributed by atoms with E-state index in [1.165, 1.54) is 12.0 Å². The molecule has 1 aromatic carbocycles. The number of hydrogen-bond acceptors (Lipinski definition) is 6. The van der Waals surface area contributed by atoms with Crippen LogP contribution in [0.25, 0.3) is 6.08 Å². The van der Waals surface area contributed by atoms with Gasteiger partial charge in [-0.2, -0.15) is 0 Å². The topological polar surface area (TPSA) is 76.1 Å². The fourth-order valence-corrected chi connectivity index (χ4v) is 3.83. The first-order valence-electron chi connectivity index (χ1n) is 7.64. The second-order valence-electron chi connectivity index (χ2n) is 5.30. The van der Waals surface area contributed by atoms with E-state index in [9.17, 15) is 14.7 Å². The summed E-state index contributed by atoms with van der Waals surface area (Å²) in [5, 5.41) is 9.41. The van der Waals surface area contributed by atoms with Gasteiger partial charge in [-0.25, -0.2) is 4.79 Å². The van der Waals surface area contributed by atoms with Gasteiger partial charge in [0.1, 0.15) is 21.9 Å². The van der Waals surface area contributed by atoms with Gasteiger partial charge in [0.15, 0.2) is 0 Å². The number of aliphatic carboxylic acids is 1. The van der Waals surface area contributed by atoms with Crippen LogP contribution >= 0.6 is 24.0 Å². The summed E-state index contributed by atoms with van der Waals surface area (Å²) in [6.45, 7) is 1.87. The first-order valence-corrected chi connectivity index (χ1v) is 8.87. The predicted molar refractivity (Wildman–Crippen MR) is 101 cm³/mol. The van der Waals surface area contributed by atoms with Gasteiger partial charge >= 0.3 is 5.97 Å². The molecular formula is C17H19NO5S2. The number of carboxylic acid groups (broad SMARTS) is 1. The minimum Gasteiger partial charge on any atom is -0.497 e. The van der Waals surface area contributed by atoms with Gasteiger partial charge in [-0.1, -0.05) is 37.3 Å². The van der Waals surface area contributed by atoms with Crippen LogP contribution in [0.5, 0.6) is 11.5 Å². The van der Waals surface area contributed by atoms with Gasteiger partial charge in [0.05, 0.1) is 19.1 Å². The standard InChI is InChI=1S/C17H19NO5S2/c1-4-5-12(16(20)21)18-15(19)14(25-17(18)24)9-10-8-11(22-2)6-7-13(10)23-3/h6-9,12H,4-5H2,1-3H3,(H,20,21)/b14-9-/t12-/m1/s1. The summed E-state index contributed by atoms with van der Waals surface area (Å²) in [5.74, 6) is -0.259. The quantitative estimate of drug-likeness (QED) is 0.574. The first kappa shape index (κ1) is 19.3. The molecule has 1 aliphatic rings. The first-order chi connectivity index (χ1) is 11.9. The van der Waals surface area contributed by atoms with Gasteiger partial charge in [0.25, 0.3) is 5.91 Å². The zero-order valence-corrected chi connectivity index (χ0v) is 15.8. The van der Waals surface area contributed by atoms with Crippen LogP contribution in [-0.4, -0.2) is 46.5 Å². The normalized spacial score (nSPS) is 17.1. The van der Waals surface area contributed by atoms with Crippen molar-refractivity contribution in [2.75, 3.05) is 14.2 Å². The van der Waals surface area contributed by atoms with E-state index in [1.807, 2.05) is 6.92 Å². The Morgan fingerprint density at radius 3 is 2.68 bits per heavy atom. The maximum absolute atomic E-state index is 12.7. The summed E-state index contributed by atoms with van der Waals surface area (Å²) in [4.78, 5) is 25.8. The van der Waals surface area contributed by atoms with Crippen molar-refractivity contribution in [3.8, 4) is 11.5 Å². The fraction of sp³-hybridized carbons (Fsp3) is 0.353. The number of nitrogens with zero attached hydrogens (tertiary/aromatic N) is 1. The van der Waals surface area contributed by atoms with E-state index in [0.29, 0.717) is 34.8 Å². The Hall–Kier alpha value is -2.06. The molecule has 1 aromatic rings. The number of hydrogen-bond donors (Lipinski definition) is 1. The zero-order chi connectivity index (χ0) is 18.6. The minimum absolute atomic E-state index is 0.249. The maximum atomic E-state index is 12.7. The molecule has 0 unspecified atom stereocenters. The third kappa shape index (κ3) is 4.13. The van der Waals surface area contributed by atoms with Crippen LogP contribution in [0.2, 0.25) is 0 Å². The van der Waals surface area contributed by atoms with E-state index in [0.717, 1.165) is 11.8 Å². The van der Waals surface area contributed by atoms with Crippen molar-refractivity contribution in [2.24, 2.45) is 0 Å². The van der Waals surface area contributed by atoms with Crippen LogP contribution in [0, 0.1) is 0 Å². The lowest BCUT2D eigenvalue weighted by molar-refractivity contribution is -0.145. The number of amides is 1. The molecule has 0 bridgehead atoms. The monoisotopic (exact) mass is 381 g/mol. The summed E-state index contributed by atoms with van der Waals surface area (Å²) in [6, 6.07) is 4.29. The average molecular weight is 381 g/mol. The van der Waals surface area contributed by atoms with Crippen molar-refractivity contribution >= 4 is 46.3 Å². The molecule has 1 atom stereocenters. The molecule has 2 rings (SSSR count). The van der Waals surface area contributed by atoms with E-state index < -0.39 is 17.9 Å². The molecule has 1 fully saturated rings. The number of methoxy groups -OCH3 is 2. The van der Waals surface area contributed by atoms with Crippen molar-refractivity contribution in [3.05, 3.63) is 28.7 Å². The zero-order valence-electron chi connectivity index (χ0n) is 14.1. The van der Waals surface area contributed by atoms with Crippen LogP contribution in [0.1, 0.15) is 25.3 Å². The van der Waals surface area contributed by atoms with Crippen molar-refractivity contribution in [2.45, 2.75) is 25.8 Å². The molecule has 0 aliphatic carbocycles. The van der Waals surface area contributed by atoms with E-state index >= 15 is 0 Å². The second-order valence-corrected chi connectivity index (χ2v) is 6.98. The number of carbonyl (C=O) groups excluding carboxylic acids is 1. The number of ether oxygens (including phenoxy) is 2. The summed E-state index contributed by atoms with van der Waals surface area (Å²) < 4.78 is 10.8. The van der Waals surface area contributed by atoms with Gasteiger partial charge in [0, 0.05) is 5.56 Å². The Balaban J connectivity index is 2.39. The smallest absolute Gasteiger partial charge is 0.326 e. The lowest BCUT2D eigenvalue weighted by atomic mass is 10.1. The molecule has 8 heteroatoms. The lowest BCUT2D eigenvalue weighted by Crippen LogP contribution is -2.43. The Kier molecular flexibility index (Phi) is 6.44. The van der Waals surface area contributed by atoms with Crippen molar-refractivity contribution in [1.29, 1.82) is 0 Å². The SMILES string of the molecule is CCC[C@H](C(=O)O)N1C(=O)/C(=C/c2cc(OC)ccc2OC)SC1=S. The molecule has 0 spiro atoms. The van der Waals surface area contributed by atoms with Crippen LogP contribution in [-0.2, 0) is 9.59 Å². The predicted octanol–water partition coefficient (Wildman–Crippen LogP) is 3.16. The molecule has 1 N–H and O–H groups in total. The Bertz CT molecular complexity index is 732. The molecule has 1 saturated heterocycles. The molecular weight excluding hydrogens is 362 g/mol. The molecule has 0 radical (unpaired) electrons. The van der Waals surface area contributed by atoms with Gasteiger partial charge in [0.2, 0.25) is 0 Å². The summed E-state index contributed by atoms with van der Waals surface area (Å²) in [6.07, 6.45) is 2.62. The van der Waals surface area contributed by atoms with E-state index in [4.69, 9.17) is 21.7 Å². The lowest BCUT2D eigenvalue weighted by Gasteiger charge is -2.22. The van der Waals surface area contributed by atoms with E-state index in [1.54, 1.807) is 31.4 Å². The number of carbonyl (C=O) groups is 2. The molecule has 1 amide bonds. The van der Waals surface area contributed by atoms with Crippen molar-refractivity contribution < 1.29 is 24.2 Å². The van der Waals surface area contributed by atoms with Crippen LogP contribution in [0.3, 0.4) is 0 Å². The number of thiocarbonyl (C=S) groups is 1. The highest BCUT2D eigenvalue weighted by atomic mass is 32.2. The van der Waals surface area contributed by atoms with Gasteiger partial charge in [-0.05, 0) is 30.7 Å². The van der Waals surface area contributed by atoms with Crippen LogP contribution in [0.15, 0.2) is 23.1 Å². The van der Waals surface area contributed by atoms with E-state index in [-0.39, 0.29) is 4.32 Å². The highest BCUT2D eigenvalue weighted by Crippen LogP contribution is 2.37. The fourth-order valence-electron chi connectivity index (χ4n) is 2.48. The Morgan fingerprint density at radius 2 is 2.12 bits per heavy atom. The second kappa shape index (κ2) is 8.35. The third-order valence-electron chi connectivity index (χ3n) is 3.71. The van der Waals surface area contributed by atoms with Gasteiger partial charge in [-0.3, -0.25) is 9.69 Å². The van der Waals surface area contributed by atoms with Crippen LogP contribution in [0.4, 0.5) is 0 Å². The third-order valence-corrected chi connectivity index (χ3v) is 5.04. The number of thioether (sulfide) groups is 1. The molecule has 1 aliphatic heterocycles. The summed E-state index contributed by atoms with van der Waals surface area (Å²) in [5.41, 5.74) is 0.657. The van der Waals surface area contributed by atoms with Crippen molar-refractivity contribution in [1.82, 2.24) is 4.90 Å². The number of benzene rings is 1. The van der Waals surface area contributed by atoms with Crippen LogP contribution < -0.4 is 9.47 Å². The van der Waals surface area contributed by atoms with Crippen molar-refractivity contribution in [3.63, 3.8) is 0 Å². The number of rotatable bonds is 7. The average Bonchev–Trinajstić information content (AvgIpc) is 2.86. The van der Waals surface area contributed by atoms with E-state index in [2.05, 4.69) is 0 Å². The van der Waals surface area contributed by atoms with Gasteiger partial charge < -0.3 is 14.6 Å². The largest absolute Gasteiger partial charge is 0.497 e. The molecule has 134 valence electrons. The molecule has 6 nitrogen and oxygen atoms in total. The van der Waals surface area contributed by atoms with Gasteiger partial charge in [-0.15, -0.1) is 0 Å². The highest BCUT2D eigenvalue weighted by molar-refractivity contribution is 8.26. The minimum atomic E-state index is -1.06. The molecule has 0 aromatic heterocycles. The Labute approximate surface area is 155 Å². The molecule has 1 heterocycles. The maximum Gasteiger partial charge on any atom is 0.326 e. The highest BCUT2D eigenvalue weighted by Gasteiger charge is 2.40. The molecule has 0 saturated carbocycles.